The van der Waals surface area contributed by atoms with Crippen LogP contribution in [0.1, 0.15) is 35.8 Å². The van der Waals surface area contributed by atoms with Crippen molar-refractivity contribution in [3.63, 3.8) is 0 Å². The Morgan fingerprint density at radius 3 is 2.39 bits per heavy atom. The Bertz CT molecular complexity index is 1600. The number of benzene rings is 3. The van der Waals surface area contributed by atoms with E-state index in [4.69, 9.17) is 4.74 Å². The van der Waals surface area contributed by atoms with Crippen molar-refractivity contribution in [2.24, 2.45) is 5.92 Å². The molecule has 3 unspecified atom stereocenters. The van der Waals surface area contributed by atoms with Crippen LogP contribution in [0.4, 0.5) is 0 Å². The average Bonchev–Trinajstić information content (AvgIpc) is 3.44. The maximum absolute atomic E-state index is 13.9. The summed E-state index contributed by atoms with van der Waals surface area (Å²) in [5.74, 6) is -1.98. The maximum Gasteiger partial charge on any atom is 0.329 e. The number of aromatic nitrogens is 3. The first kappa shape index (κ1) is 23.6. The van der Waals surface area contributed by atoms with Gasteiger partial charge >= 0.3 is 11.7 Å². The highest BCUT2D eigenvalue weighted by Crippen LogP contribution is 2.32. The van der Waals surface area contributed by atoms with Gasteiger partial charge in [0, 0.05) is 36.3 Å². The maximum atomic E-state index is 13.9. The summed E-state index contributed by atoms with van der Waals surface area (Å²) in [5.41, 5.74) is 5.12. The molecule has 2 heterocycles. The monoisotopic (exact) mass is 483 g/mol. The van der Waals surface area contributed by atoms with Gasteiger partial charge in [-0.3, -0.25) is 13.9 Å². The van der Waals surface area contributed by atoms with E-state index in [9.17, 15) is 14.7 Å². The number of aryl methyl sites for hydroxylation is 1. The first-order valence-electron chi connectivity index (χ1n) is 12.0. The quantitative estimate of drug-likeness (QED) is 0.314. The van der Waals surface area contributed by atoms with Crippen LogP contribution in [0, 0.1) is 12.8 Å². The van der Waals surface area contributed by atoms with E-state index in [0.29, 0.717) is 5.52 Å². The summed E-state index contributed by atoms with van der Waals surface area (Å²) in [4.78, 5) is 29.7. The molecule has 3 atom stereocenters. The number of para-hydroxylation sites is 2. The van der Waals surface area contributed by atoms with Crippen molar-refractivity contribution in [2.45, 2.75) is 32.5 Å². The Balaban J connectivity index is 1.63. The molecule has 0 bridgehead atoms. The molecule has 7 nitrogen and oxygen atoms in total. The van der Waals surface area contributed by atoms with Crippen LogP contribution >= 0.6 is 0 Å². The van der Waals surface area contributed by atoms with Crippen LogP contribution in [-0.2, 0) is 16.1 Å². The van der Waals surface area contributed by atoms with Gasteiger partial charge in [0.2, 0.25) is 0 Å². The van der Waals surface area contributed by atoms with Crippen molar-refractivity contribution in [1.29, 1.82) is 0 Å². The van der Waals surface area contributed by atoms with E-state index in [2.05, 4.69) is 18.0 Å². The SMILES string of the molecule is COC(c1ccccc1)C(Cn1c(=O)n(C(C)c2c[nH]c3cccc(C)c23)c2ccccc21)C(=O)O. The minimum atomic E-state index is -1.02. The molecule has 0 radical (unpaired) electrons. The third-order valence-corrected chi connectivity index (χ3v) is 7.10. The number of aliphatic carboxylic acids is 1. The second-order valence-electron chi connectivity index (χ2n) is 9.18. The van der Waals surface area contributed by atoms with E-state index >= 15 is 0 Å². The van der Waals surface area contributed by atoms with Gasteiger partial charge in [-0.15, -0.1) is 0 Å². The number of hydrogen-bond donors (Lipinski definition) is 2. The van der Waals surface area contributed by atoms with Gasteiger partial charge in [-0.25, -0.2) is 4.79 Å². The van der Waals surface area contributed by atoms with E-state index in [1.165, 1.54) is 7.11 Å². The summed E-state index contributed by atoms with van der Waals surface area (Å²) in [6, 6.07) is 22.6. The summed E-state index contributed by atoms with van der Waals surface area (Å²) < 4.78 is 8.98. The number of carbonyl (C=O) groups is 1. The Kier molecular flexibility index (Phi) is 6.24. The molecule has 0 spiro atoms. The number of imidazole rings is 1. The van der Waals surface area contributed by atoms with Gasteiger partial charge < -0.3 is 14.8 Å². The Morgan fingerprint density at radius 1 is 1.00 bits per heavy atom. The molecule has 2 aromatic heterocycles. The molecule has 0 fully saturated rings. The van der Waals surface area contributed by atoms with Crippen molar-refractivity contribution in [1.82, 2.24) is 14.1 Å². The fourth-order valence-electron chi connectivity index (χ4n) is 5.33. The second-order valence-corrected chi connectivity index (χ2v) is 9.18. The van der Waals surface area contributed by atoms with Crippen LogP contribution in [0.3, 0.4) is 0 Å². The number of aromatic amines is 1. The summed E-state index contributed by atoms with van der Waals surface area (Å²) >= 11 is 0. The Hall–Kier alpha value is -4.10. The highest BCUT2D eigenvalue weighted by atomic mass is 16.5. The number of H-pyrrole nitrogens is 1. The highest BCUT2D eigenvalue weighted by molar-refractivity contribution is 5.87. The number of carboxylic acid groups (broad SMARTS) is 1. The normalized spacial score (nSPS) is 14.2. The summed E-state index contributed by atoms with van der Waals surface area (Å²) in [6.45, 7) is 4.04. The van der Waals surface area contributed by atoms with Crippen molar-refractivity contribution >= 4 is 27.9 Å². The highest BCUT2D eigenvalue weighted by Gasteiger charge is 2.32. The molecule has 3 aromatic carbocycles. The average molecular weight is 484 g/mol. The molecule has 0 amide bonds. The van der Waals surface area contributed by atoms with Gasteiger partial charge in [-0.1, -0.05) is 54.6 Å². The van der Waals surface area contributed by atoms with E-state index < -0.39 is 18.0 Å². The predicted octanol–water partition coefficient (Wildman–Crippen LogP) is 5.29. The van der Waals surface area contributed by atoms with Crippen LogP contribution in [0.15, 0.2) is 83.8 Å². The van der Waals surface area contributed by atoms with Crippen LogP contribution in [0.5, 0.6) is 0 Å². The van der Waals surface area contributed by atoms with Gasteiger partial charge in [0.25, 0.3) is 0 Å². The summed E-state index contributed by atoms with van der Waals surface area (Å²) in [7, 11) is 1.50. The smallest absolute Gasteiger partial charge is 0.329 e. The van der Waals surface area contributed by atoms with E-state index in [1.807, 2.05) is 79.9 Å². The number of methoxy groups -OCH3 is 1. The fraction of sp³-hybridized carbons (Fsp3) is 0.241. The van der Waals surface area contributed by atoms with Crippen molar-refractivity contribution < 1.29 is 14.6 Å². The number of nitrogens with one attached hydrogen (secondary N) is 1. The lowest BCUT2D eigenvalue weighted by Gasteiger charge is -2.23. The molecule has 2 N–H and O–H groups in total. The van der Waals surface area contributed by atoms with Crippen LogP contribution < -0.4 is 5.69 Å². The third kappa shape index (κ3) is 3.91. The molecule has 7 heteroatoms. The largest absolute Gasteiger partial charge is 0.481 e. The van der Waals surface area contributed by atoms with Gasteiger partial charge in [0.1, 0.15) is 5.92 Å². The number of hydrogen-bond acceptors (Lipinski definition) is 3. The topological polar surface area (TPSA) is 89.2 Å². The first-order valence-corrected chi connectivity index (χ1v) is 12.0. The van der Waals surface area contributed by atoms with Crippen molar-refractivity contribution in [3.8, 4) is 0 Å². The number of fused-ring (bicyclic) bond motifs is 2. The van der Waals surface area contributed by atoms with Gasteiger partial charge in [0.05, 0.1) is 23.2 Å². The second kappa shape index (κ2) is 9.51. The van der Waals surface area contributed by atoms with E-state index in [-0.39, 0.29) is 18.3 Å². The molecule has 36 heavy (non-hydrogen) atoms. The predicted molar refractivity (Wildman–Crippen MR) is 140 cm³/mol. The molecule has 5 aromatic rings. The first-order chi connectivity index (χ1) is 17.4. The molecular weight excluding hydrogens is 454 g/mol. The molecule has 0 aliphatic rings. The fourth-order valence-corrected chi connectivity index (χ4v) is 5.33. The van der Waals surface area contributed by atoms with Crippen LogP contribution in [0.25, 0.3) is 21.9 Å². The van der Waals surface area contributed by atoms with Crippen LogP contribution in [-0.4, -0.2) is 32.3 Å². The Morgan fingerprint density at radius 2 is 1.69 bits per heavy atom. The molecule has 184 valence electrons. The zero-order valence-electron chi connectivity index (χ0n) is 20.5. The third-order valence-electron chi connectivity index (χ3n) is 7.10. The number of carboxylic acids is 1. The van der Waals surface area contributed by atoms with Crippen molar-refractivity contribution in [2.75, 3.05) is 7.11 Å². The van der Waals surface area contributed by atoms with E-state index in [1.54, 1.807) is 9.13 Å². The lowest BCUT2D eigenvalue weighted by atomic mass is 9.95. The number of ether oxygens (including phenoxy) is 1. The molecular formula is C29H29N3O4. The summed E-state index contributed by atoms with van der Waals surface area (Å²) in [6.07, 6.45) is 1.25. The summed E-state index contributed by atoms with van der Waals surface area (Å²) in [5, 5.41) is 11.3. The molecule has 5 rings (SSSR count). The van der Waals surface area contributed by atoms with Gasteiger partial charge in [-0.05, 0) is 43.2 Å². The van der Waals surface area contributed by atoms with Crippen molar-refractivity contribution in [3.05, 3.63) is 106 Å². The zero-order chi connectivity index (χ0) is 25.4. The van der Waals surface area contributed by atoms with Gasteiger partial charge in [-0.2, -0.15) is 0 Å². The molecule has 0 saturated heterocycles. The van der Waals surface area contributed by atoms with Crippen LogP contribution in [0.2, 0.25) is 0 Å². The van der Waals surface area contributed by atoms with Gasteiger partial charge in [0.15, 0.2) is 0 Å². The standard InChI is InChI=1S/C29H29N3O4/c1-18-10-9-13-23-26(18)21(16-30-23)19(2)32-25-15-8-7-14-24(25)31(29(32)35)17-22(28(33)34)27(36-3)20-11-5-4-6-12-20/h4-16,19,22,27,30H,17H2,1-3H3,(H,33,34). The lowest BCUT2D eigenvalue weighted by molar-refractivity contribution is -0.147. The molecule has 0 saturated carbocycles. The Labute approximate surface area is 208 Å². The number of rotatable bonds is 8. The molecule has 0 aliphatic heterocycles. The lowest BCUT2D eigenvalue weighted by Crippen LogP contribution is -2.34. The number of nitrogens with zero attached hydrogens (tertiary/aromatic N) is 2. The van der Waals surface area contributed by atoms with E-state index in [0.717, 1.165) is 33.1 Å². The molecule has 0 aliphatic carbocycles. The minimum absolute atomic E-state index is 0.0191. The zero-order valence-corrected chi connectivity index (χ0v) is 20.5. The minimum Gasteiger partial charge on any atom is -0.481 e.